The van der Waals surface area contributed by atoms with Crippen molar-refractivity contribution in [2.75, 3.05) is 13.2 Å². The Hall–Kier alpha value is -1.60. The predicted octanol–water partition coefficient (Wildman–Crippen LogP) is 6.74. The maximum absolute atomic E-state index is 12.0. The van der Waals surface area contributed by atoms with Crippen molar-refractivity contribution >= 4 is 17.8 Å². The normalized spacial score (nSPS) is 12.8. The quantitative estimate of drug-likeness (QED) is 0.0941. The van der Waals surface area contributed by atoms with Crippen LogP contribution in [0.3, 0.4) is 0 Å². The molecule has 0 aliphatic carbocycles. The van der Waals surface area contributed by atoms with Crippen LogP contribution in [0, 0.1) is 0 Å². The maximum Gasteiger partial charge on any atom is 0.329 e. The van der Waals surface area contributed by atoms with Crippen molar-refractivity contribution in [1.82, 2.24) is 16.2 Å². The fraction of sp³-hybridized carbons (Fsp3) is 0.731. The summed E-state index contributed by atoms with van der Waals surface area (Å²) < 4.78 is 5.53. The summed E-state index contributed by atoms with van der Waals surface area (Å²) in [5.41, 5.74) is 5.93. The molecular weight excluding hydrogens is 434 g/mol. The minimum atomic E-state index is -0.254. The van der Waals surface area contributed by atoms with Gasteiger partial charge in [-0.1, -0.05) is 78.6 Å². The molecule has 1 aromatic rings. The number of nitrogens with one attached hydrogen (secondary N) is 3. The van der Waals surface area contributed by atoms with E-state index in [1.54, 1.807) is 24.3 Å². The third kappa shape index (κ3) is 15.8. The van der Waals surface area contributed by atoms with Crippen LogP contribution in [-0.4, -0.2) is 34.9 Å². The van der Waals surface area contributed by atoms with Gasteiger partial charge in [0.05, 0.1) is 11.9 Å². The van der Waals surface area contributed by atoms with Crippen molar-refractivity contribution in [3.8, 4) is 11.5 Å². The summed E-state index contributed by atoms with van der Waals surface area (Å²) in [5, 5.41) is 12.9. The second-order valence-electron chi connectivity index (χ2n) is 8.55. The van der Waals surface area contributed by atoms with E-state index in [0.29, 0.717) is 24.2 Å². The molecule has 0 fully saturated rings. The summed E-state index contributed by atoms with van der Waals surface area (Å²) in [7, 11) is 0. The van der Waals surface area contributed by atoms with Crippen molar-refractivity contribution in [3.63, 3.8) is 0 Å². The summed E-state index contributed by atoms with van der Waals surface area (Å²) >= 11 is 1.94. The number of hydrogen-bond acceptors (Lipinski definition) is 5. The average molecular weight is 482 g/mol. The minimum Gasteiger partial charge on any atom is -0.508 e. The number of amides is 2. The molecule has 0 bridgehead atoms. The zero-order chi connectivity index (χ0) is 24.2. The second-order valence-corrected chi connectivity index (χ2v) is 10.1. The molecule has 2 amide bonds. The second kappa shape index (κ2) is 19.8. The molecule has 2 unspecified atom stereocenters. The smallest absolute Gasteiger partial charge is 0.329 e. The van der Waals surface area contributed by atoms with Crippen molar-refractivity contribution in [3.05, 3.63) is 24.3 Å². The fourth-order valence-corrected chi connectivity index (χ4v) is 4.86. The van der Waals surface area contributed by atoms with Crippen molar-refractivity contribution in [2.45, 2.75) is 108 Å². The molecule has 0 aromatic heterocycles. The Bertz CT molecular complexity index is 601. The van der Waals surface area contributed by atoms with E-state index in [0.717, 1.165) is 12.8 Å². The van der Waals surface area contributed by atoms with E-state index in [-0.39, 0.29) is 17.2 Å². The highest BCUT2D eigenvalue weighted by molar-refractivity contribution is 8.00. The molecule has 190 valence electrons. The van der Waals surface area contributed by atoms with E-state index in [9.17, 15) is 9.90 Å². The Kier molecular flexibility index (Phi) is 17.7. The number of phenols is 1. The van der Waals surface area contributed by atoms with Gasteiger partial charge < -0.3 is 15.2 Å². The van der Waals surface area contributed by atoms with Gasteiger partial charge in [0.25, 0.3) is 0 Å². The number of carbonyl (C=O) groups excluding carboxylic acids is 1. The van der Waals surface area contributed by atoms with Gasteiger partial charge in [0.1, 0.15) is 18.1 Å². The first-order valence-corrected chi connectivity index (χ1v) is 13.9. The van der Waals surface area contributed by atoms with Crippen LogP contribution in [0.25, 0.3) is 0 Å². The first-order chi connectivity index (χ1) is 16.1. The van der Waals surface area contributed by atoms with Crippen LogP contribution >= 0.6 is 11.8 Å². The predicted molar refractivity (Wildman–Crippen MR) is 141 cm³/mol. The first-order valence-electron chi connectivity index (χ1n) is 13.0. The van der Waals surface area contributed by atoms with E-state index in [1.165, 1.54) is 64.2 Å². The summed E-state index contributed by atoms with van der Waals surface area (Å²) in [4.78, 5) is 12.0. The summed E-state index contributed by atoms with van der Waals surface area (Å²) in [5.74, 6) is 0.862. The summed E-state index contributed by atoms with van der Waals surface area (Å²) in [6, 6.07) is 6.27. The lowest BCUT2D eigenvalue weighted by molar-refractivity contribution is 0.231. The topological polar surface area (TPSA) is 82.6 Å². The van der Waals surface area contributed by atoms with Gasteiger partial charge in [0.15, 0.2) is 0 Å². The Morgan fingerprint density at radius 2 is 1.58 bits per heavy atom. The van der Waals surface area contributed by atoms with Gasteiger partial charge in [-0.25, -0.2) is 10.2 Å². The van der Waals surface area contributed by atoms with Crippen LogP contribution < -0.4 is 20.9 Å². The van der Waals surface area contributed by atoms with E-state index < -0.39 is 0 Å². The molecule has 1 aromatic carbocycles. The molecule has 2 atom stereocenters. The van der Waals surface area contributed by atoms with E-state index in [4.69, 9.17) is 4.74 Å². The first kappa shape index (κ1) is 29.4. The van der Waals surface area contributed by atoms with Gasteiger partial charge in [-0.05, 0) is 43.5 Å². The van der Waals surface area contributed by atoms with Gasteiger partial charge in [0, 0.05) is 5.25 Å². The van der Waals surface area contributed by atoms with E-state index >= 15 is 0 Å². The molecule has 7 heteroatoms. The number of benzene rings is 1. The van der Waals surface area contributed by atoms with Gasteiger partial charge in [0.2, 0.25) is 0 Å². The molecule has 33 heavy (non-hydrogen) atoms. The van der Waals surface area contributed by atoms with E-state index in [2.05, 4.69) is 36.9 Å². The lowest BCUT2D eigenvalue weighted by Gasteiger charge is -2.23. The highest BCUT2D eigenvalue weighted by Crippen LogP contribution is 2.26. The van der Waals surface area contributed by atoms with Crippen LogP contribution in [0.1, 0.15) is 97.8 Å². The number of hydrazine groups is 1. The molecule has 6 nitrogen and oxygen atoms in total. The molecule has 0 spiro atoms. The number of carbonyl (C=O) groups is 1. The monoisotopic (exact) mass is 481 g/mol. The molecule has 0 heterocycles. The highest BCUT2D eigenvalue weighted by atomic mass is 32.2. The number of phenolic OH excluding ortho intramolecular Hbond substituents is 1. The zero-order valence-electron chi connectivity index (χ0n) is 21.0. The molecular formula is C26H47N3O3S. The van der Waals surface area contributed by atoms with Crippen LogP contribution in [-0.2, 0) is 0 Å². The highest BCUT2D eigenvalue weighted by Gasteiger charge is 2.15. The molecule has 1 rings (SSSR count). The SMILES string of the molecule is CCCCCCCCCCCC(CC)SC(CC)NNC(=O)NCCOc1ccc(O)cc1. The maximum atomic E-state index is 12.0. The van der Waals surface area contributed by atoms with Crippen LogP contribution in [0.15, 0.2) is 24.3 Å². The minimum absolute atomic E-state index is 0.201. The van der Waals surface area contributed by atoms with Gasteiger partial charge in [-0.15, -0.1) is 11.8 Å². The molecule has 0 saturated carbocycles. The zero-order valence-corrected chi connectivity index (χ0v) is 21.9. The number of unbranched alkanes of at least 4 members (excludes halogenated alkanes) is 8. The number of thioether (sulfide) groups is 1. The summed E-state index contributed by atoms with van der Waals surface area (Å²) in [6.07, 6.45) is 15.6. The molecule has 0 aliphatic heterocycles. The van der Waals surface area contributed by atoms with Gasteiger partial charge >= 0.3 is 6.03 Å². The number of ether oxygens (including phenoxy) is 1. The van der Waals surface area contributed by atoms with Crippen LogP contribution in [0.4, 0.5) is 4.79 Å². The number of rotatable bonds is 20. The van der Waals surface area contributed by atoms with Gasteiger partial charge in [-0.3, -0.25) is 5.43 Å². The van der Waals surface area contributed by atoms with Crippen LogP contribution in [0.5, 0.6) is 11.5 Å². The van der Waals surface area contributed by atoms with Crippen LogP contribution in [0.2, 0.25) is 0 Å². The van der Waals surface area contributed by atoms with Gasteiger partial charge in [-0.2, -0.15) is 0 Å². The average Bonchev–Trinajstić information content (AvgIpc) is 2.83. The fourth-order valence-electron chi connectivity index (χ4n) is 3.58. The third-order valence-electron chi connectivity index (χ3n) is 5.65. The number of aromatic hydroxyl groups is 1. The molecule has 4 N–H and O–H groups in total. The molecule has 0 saturated heterocycles. The molecule has 0 aliphatic rings. The summed E-state index contributed by atoms with van der Waals surface area (Å²) in [6.45, 7) is 7.42. The lowest BCUT2D eigenvalue weighted by atomic mass is 10.1. The Balaban J connectivity index is 2.11. The Labute approximate surface area is 206 Å². The third-order valence-corrected chi connectivity index (χ3v) is 7.39. The Morgan fingerprint density at radius 3 is 2.18 bits per heavy atom. The van der Waals surface area contributed by atoms with Crippen molar-refractivity contribution in [1.29, 1.82) is 0 Å². The lowest BCUT2D eigenvalue weighted by Crippen LogP contribution is -2.48. The van der Waals surface area contributed by atoms with Crippen molar-refractivity contribution < 1.29 is 14.6 Å². The standard InChI is InChI=1S/C26H47N3O3S/c1-4-7-8-9-10-11-12-13-14-15-24(5-2)33-25(6-3)28-29-26(31)27-20-21-32-23-18-16-22(30)17-19-23/h16-19,24-25,28,30H,4-15,20-21H2,1-3H3,(H2,27,29,31). The van der Waals surface area contributed by atoms with Crippen molar-refractivity contribution in [2.24, 2.45) is 0 Å². The Morgan fingerprint density at radius 1 is 0.939 bits per heavy atom. The number of hydrogen-bond donors (Lipinski definition) is 4. The largest absolute Gasteiger partial charge is 0.508 e. The van der Waals surface area contributed by atoms with E-state index in [1.807, 2.05) is 11.8 Å². The number of urea groups is 1. The molecule has 0 radical (unpaired) electrons.